The molecule has 3 heteroatoms. The van der Waals surface area contributed by atoms with E-state index in [-0.39, 0.29) is 24.1 Å². The standard InChI is InChI=1S/C11H17O2S/c12-6-8-14(9-7-13)10-11-4-2-1-3-5-11/h1-5,12-13H,6-10H2/q+1. The maximum absolute atomic E-state index is 8.87. The topological polar surface area (TPSA) is 40.5 Å². The highest BCUT2D eigenvalue weighted by atomic mass is 32.2. The van der Waals surface area contributed by atoms with Gasteiger partial charge >= 0.3 is 0 Å². The molecule has 0 unspecified atom stereocenters. The summed E-state index contributed by atoms with van der Waals surface area (Å²) < 4.78 is 0. The second-order valence-electron chi connectivity index (χ2n) is 3.10. The lowest BCUT2D eigenvalue weighted by molar-refractivity contribution is 0.316. The molecule has 0 amide bonds. The summed E-state index contributed by atoms with van der Waals surface area (Å²) in [5.41, 5.74) is 1.29. The zero-order chi connectivity index (χ0) is 10.2. The van der Waals surface area contributed by atoms with Crippen molar-refractivity contribution < 1.29 is 10.2 Å². The highest BCUT2D eigenvalue weighted by molar-refractivity contribution is 7.96. The molecule has 1 rings (SSSR count). The Morgan fingerprint density at radius 3 is 2.00 bits per heavy atom. The lowest BCUT2D eigenvalue weighted by Crippen LogP contribution is -2.19. The second-order valence-corrected chi connectivity index (χ2v) is 5.43. The van der Waals surface area contributed by atoms with Crippen molar-refractivity contribution in [1.29, 1.82) is 0 Å². The molecule has 0 radical (unpaired) electrons. The van der Waals surface area contributed by atoms with Gasteiger partial charge in [-0.15, -0.1) is 0 Å². The number of benzene rings is 1. The molecule has 0 heterocycles. The van der Waals surface area contributed by atoms with E-state index in [4.69, 9.17) is 10.2 Å². The zero-order valence-electron chi connectivity index (χ0n) is 8.22. The van der Waals surface area contributed by atoms with E-state index in [0.29, 0.717) is 0 Å². The molecule has 2 N–H and O–H groups in total. The van der Waals surface area contributed by atoms with Crippen LogP contribution in [0.15, 0.2) is 30.3 Å². The highest BCUT2D eigenvalue weighted by Gasteiger charge is 2.16. The van der Waals surface area contributed by atoms with Gasteiger partial charge in [0, 0.05) is 5.56 Å². The zero-order valence-corrected chi connectivity index (χ0v) is 9.04. The van der Waals surface area contributed by atoms with Crippen molar-refractivity contribution in [1.82, 2.24) is 0 Å². The Balaban J connectivity index is 2.46. The van der Waals surface area contributed by atoms with E-state index in [1.165, 1.54) is 5.56 Å². The van der Waals surface area contributed by atoms with Crippen molar-refractivity contribution in [3.05, 3.63) is 35.9 Å². The number of aliphatic hydroxyl groups is 2. The van der Waals surface area contributed by atoms with Crippen LogP contribution < -0.4 is 0 Å². The summed E-state index contributed by atoms with van der Waals surface area (Å²) in [6.07, 6.45) is 0. The van der Waals surface area contributed by atoms with Crippen LogP contribution >= 0.6 is 0 Å². The molecule has 1 aromatic carbocycles. The summed E-state index contributed by atoms with van der Waals surface area (Å²) in [6, 6.07) is 10.2. The average Bonchev–Trinajstić information content (AvgIpc) is 2.20. The normalized spacial score (nSPS) is 10.8. The van der Waals surface area contributed by atoms with E-state index in [9.17, 15) is 0 Å². The monoisotopic (exact) mass is 213 g/mol. The Labute approximate surface area is 87.9 Å². The third-order valence-corrected chi connectivity index (χ3v) is 4.23. The predicted octanol–water partition coefficient (Wildman–Crippen LogP) is 0.789. The van der Waals surface area contributed by atoms with E-state index in [1.807, 2.05) is 18.2 Å². The first kappa shape index (κ1) is 11.6. The first-order chi connectivity index (χ1) is 6.86. The Morgan fingerprint density at radius 2 is 1.50 bits per heavy atom. The molecule has 0 aromatic heterocycles. The molecule has 0 saturated heterocycles. The third kappa shape index (κ3) is 4.13. The highest BCUT2D eigenvalue weighted by Crippen LogP contribution is 2.08. The smallest absolute Gasteiger partial charge is 0.133 e. The van der Waals surface area contributed by atoms with Gasteiger partial charge in [0.1, 0.15) is 17.3 Å². The van der Waals surface area contributed by atoms with E-state index in [2.05, 4.69) is 12.1 Å². The Kier molecular flexibility index (Phi) is 5.68. The Bertz CT molecular complexity index is 232. The van der Waals surface area contributed by atoms with Gasteiger partial charge in [-0.2, -0.15) is 0 Å². The van der Waals surface area contributed by atoms with Crippen LogP contribution in [0.2, 0.25) is 0 Å². The van der Waals surface area contributed by atoms with Crippen LogP contribution in [-0.2, 0) is 16.6 Å². The summed E-state index contributed by atoms with van der Waals surface area (Å²) in [7, 11) is 0.125. The minimum absolute atomic E-state index is 0.125. The maximum Gasteiger partial charge on any atom is 0.133 e. The lowest BCUT2D eigenvalue weighted by Gasteiger charge is -2.05. The summed E-state index contributed by atoms with van der Waals surface area (Å²) in [5, 5.41) is 17.7. The molecule has 0 spiro atoms. The minimum atomic E-state index is 0.125. The van der Waals surface area contributed by atoms with Gasteiger partial charge in [0.25, 0.3) is 0 Å². The Morgan fingerprint density at radius 1 is 0.929 bits per heavy atom. The first-order valence-electron chi connectivity index (χ1n) is 4.76. The van der Waals surface area contributed by atoms with Crippen LogP contribution in [0.4, 0.5) is 0 Å². The molecule has 0 aliphatic carbocycles. The minimum Gasteiger partial charge on any atom is -0.391 e. The molecular formula is C11H17O2S+. The van der Waals surface area contributed by atoms with Crippen molar-refractivity contribution >= 4 is 10.9 Å². The van der Waals surface area contributed by atoms with Crippen LogP contribution in [0.1, 0.15) is 5.56 Å². The molecule has 0 saturated carbocycles. The van der Waals surface area contributed by atoms with Gasteiger partial charge in [0.2, 0.25) is 0 Å². The van der Waals surface area contributed by atoms with E-state index in [0.717, 1.165) is 17.3 Å². The SMILES string of the molecule is OCC[S+](CCO)Cc1ccccc1. The molecule has 0 atom stereocenters. The largest absolute Gasteiger partial charge is 0.391 e. The van der Waals surface area contributed by atoms with Crippen LogP contribution in [0.3, 0.4) is 0 Å². The van der Waals surface area contributed by atoms with Gasteiger partial charge in [-0.25, -0.2) is 0 Å². The third-order valence-electron chi connectivity index (χ3n) is 1.97. The maximum atomic E-state index is 8.87. The van der Waals surface area contributed by atoms with Crippen molar-refractivity contribution in [3.8, 4) is 0 Å². The molecule has 14 heavy (non-hydrogen) atoms. The summed E-state index contributed by atoms with van der Waals surface area (Å²) >= 11 is 0. The van der Waals surface area contributed by atoms with Gasteiger partial charge in [-0.1, -0.05) is 30.3 Å². The predicted molar refractivity (Wildman–Crippen MR) is 61.4 cm³/mol. The van der Waals surface area contributed by atoms with E-state index < -0.39 is 0 Å². The molecule has 78 valence electrons. The van der Waals surface area contributed by atoms with Gasteiger partial charge < -0.3 is 10.2 Å². The summed E-state index contributed by atoms with van der Waals surface area (Å²) in [5.74, 6) is 2.58. The molecule has 1 aromatic rings. The average molecular weight is 213 g/mol. The number of hydrogen-bond acceptors (Lipinski definition) is 2. The fraction of sp³-hybridized carbons (Fsp3) is 0.455. The molecule has 2 nitrogen and oxygen atoms in total. The molecule has 0 aliphatic rings. The van der Waals surface area contributed by atoms with Crippen molar-refractivity contribution in [3.63, 3.8) is 0 Å². The van der Waals surface area contributed by atoms with Gasteiger partial charge in [-0.3, -0.25) is 0 Å². The van der Waals surface area contributed by atoms with E-state index >= 15 is 0 Å². The van der Waals surface area contributed by atoms with Gasteiger partial charge in [0.15, 0.2) is 0 Å². The van der Waals surface area contributed by atoms with Crippen LogP contribution in [0.5, 0.6) is 0 Å². The fourth-order valence-corrected chi connectivity index (χ4v) is 2.99. The fourth-order valence-electron chi connectivity index (χ4n) is 1.31. The second kappa shape index (κ2) is 6.87. The molecular weight excluding hydrogens is 196 g/mol. The van der Waals surface area contributed by atoms with E-state index in [1.54, 1.807) is 0 Å². The number of rotatable bonds is 6. The molecule has 0 aliphatic heterocycles. The number of hydrogen-bond donors (Lipinski definition) is 2. The summed E-state index contributed by atoms with van der Waals surface area (Å²) in [4.78, 5) is 0. The van der Waals surface area contributed by atoms with Crippen molar-refractivity contribution in [2.45, 2.75) is 5.75 Å². The molecule has 0 bridgehead atoms. The Hall–Kier alpha value is -0.510. The van der Waals surface area contributed by atoms with Crippen molar-refractivity contribution in [2.75, 3.05) is 24.7 Å². The van der Waals surface area contributed by atoms with Crippen LogP contribution in [0.25, 0.3) is 0 Å². The quantitative estimate of drug-likeness (QED) is 0.686. The lowest BCUT2D eigenvalue weighted by atomic mass is 10.2. The van der Waals surface area contributed by atoms with Gasteiger partial charge in [0.05, 0.1) is 13.2 Å². The van der Waals surface area contributed by atoms with Crippen molar-refractivity contribution in [2.24, 2.45) is 0 Å². The van der Waals surface area contributed by atoms with Crippen LogP contribution in [0, 0.1) is 0 Å². The van der Waals surface area contributed by atoms with Crippen LogP contribution in [-0.4, -0.2) is 34.9 Å². The summed E-state index contributed by atoms with van der Waals surface area (Å²) in [6.45, 7) is 0.436. The molecule has 0 fully saturated rings. The number of aliphatic hydroxyl groups excluding tert-OH is 2. The first-order valence-corrected chi connectivity index (χ1v) is 6.49. The van der Waals surface area contributed by atoms with Gasteiger partial charge in [-0.05, 0) is 10.9 Å².